The van der Waals surface area contributed by atoms with Crippen molar-refractivity contribution in [2.75, 3.05) is 6.61 Å². The van der Waals surface area contributed by atoms with Crippen molar-refractivity contribution in [3.8, 4) is 5.88 Å². The minimum absolute atomic E-state index is 0.166. The van der Waals surface area contributed by atoms with Crippen LogP contribution in [0.3, 0.4) is 0 Å². The van der Waals surface area contributed by atoms with Crippen LogP contribution in [0.25, 0.3) is 0 Å². The molecule has 2 rings (SSSR count). The summed E-state index contributed by atoms with van der Waals surface area (Å²) < 4.78 is 5.43. The van der Waals surface area contributed by atoms with E-state index in [0.29, 0.717) is 19.0 Å². The van der Waals surface area contributed by atoms with Crippen molar-refractivity contribution in [3.05, 3.63) is 23.9 Å². The van der Waals surface area contributed by atoms with Gasteiger partial charge in [0.05, 0.1) is 6.61 Å². The largest absolute Gasteiger partial charge is 0.478 e. The molecule has 1 aliphatic rings. The molecule has 18 heavy (non-hydrogen) atoms. The number of nitrogens with zero attached hydrogens (tertiary/aromatic N) is 1. The summed E-state index contributed by atoms with van der Waals surface area (Å²) in [6, 6.07) is 3.80. The third kappa shape index (κ3) is 3.22. The summed E-state index contributed by atoms with van der Waals surface area (Å²) in [4.78, 5) is 16.1. The molecule has 1 fully saturated rings. The lowest BCUT2D eigenvalue weighted by molar-refractivity contribution is -0.124. The Morgan fingerprint density at radius 2 is 2.28 bits per heavy atom. The van der Waals surface area contributed by atoms with Crippen LogP contribution < -0.4 is 10.1 Å². The van der Waals surface area contributed by atoms with Gasteiger partial charge in [-0.05, 0) is 25.8 Å². The van der Waals surface area contributed by atoms with E-state index in [2.05, 4.69) is 10.3 Å². The third-order valence-corrected chi connectivity index (χ3v) is 3.31. The molecule has 0 aromatic carbocycles. The highest BCUT2D eigenvalue weighted by molar-refractivity contribution is 5.78. The molecule has 0 bridgehead atoms. The number of pyridine rings is 1. The number of rotatable bonds is 5. The quantitative estimate of drug-likeness (QED) is 0.869. The highest BCUT2D eigenvalue weighted by Gasteiger charge is 2.22. The molecule has 4 nitrogen and oxygen atoms in total. The normalized spacial score (nSPS) is 15.6. The fourth-order valence-electron chi connectivity index (χ4n) is 2.34. The second kappa shape index (κ2) is 6.38. The molecule has 4 heteroatoms. The van der Waals surface area contributed by atoms with E-state index in [-0.39, 0.29) is 11.8 Å². The monoisotopic (exact) mass is 248 g/mol. The van der Waals surface area contributed by atoms with Gasteiger partial charge in [0.25, 0.3) is 0 Å². The van der Waals surface area contributed by atoms with E-state index >= 15 is 0 Å². The van der Waals surface area contributed by atoms with E-state index in [1.807, 2.05) is 19.1 Å². The first-order chi connectivity index (χ1) is 8.81. The molecule has 1 aliphatic carbocycles. The van der Waals surface area contributed by atoms with Gasteiger partial charge in [0, 0.05) is 24.2 Å². The van der Waals surface area contributed by atoms with Gasteiger partial charge >= 0.3 is 0 Å². The molecule has 1 amide bonds. The van der Waals surface area contributed by atoms with Crippen LogP contribution in [0.4, 0.5) is 0 Å². The minimum atomic E-state index is 0.166. The third-order valence-electron chi connectivity index (χ3n) is 3.31. The van der Waals surface area contributed by atoms with Gasteiger partial charge < -0.3 is 10.1 Å². The second-order valence-electron chi connectivity index (χ2n) is 4.60. The average Bonchev–Trinajstić information content (AvgIpc) is 2.92. The number of carbonyl (C=O) groups is 1. The number of aromatic nitrogens is 1. The zero-order chi connectivity index (χ0) is 12.8. The lowest BCUT2D eigenvalue weighted by atomic mass is 10.1. The van der Waals surface area contributed by atoms with Crippen LogP contribution in [0.5, 0.6) is 5.88 Å². The fraction of sp³-hybridized carbons (Fsp3) is 0.571. The van der Waals surface area contributed by atoms with Crippen molar-refractivity contribution in [2.45, 2.75) is 39.2 Å². The average molecular weight is 248 g/mol. The molecular weight excluding hydrogens is 228 g/mol. The topological polar surface area (TPSA) is 51.2 Å². The van der Waals surface area contributed by atoms with Crippen molar-refractivity contribution in [1.29, 1.82) is 0 Å². The van der Waals surface area contributed by atoms with Crippen LogP contribution in [0.15, 0.2) is 18.3 Å². The fourth-order valence-corrected chi connectivity index (χ4v) is 2.34. The number of amides is 1. The summed E-state index contributed by atoms with van der Waals surface area (Å²) in [5.41, 5.74) is 0.936. The van der Waals surface area contributed by atoms with Gasteiger partial charge in [0.2, 0.25) is 11.8 Å². The van der Waals surface area contributed by atoms with Crippen LogP contribution in [0, 0.1) is 5.92 Å². The Morgan fingerprint density at radius 3 is 3.00 bits per heavy atom. The Balaban J connectivity index is 1.90. The van der Waals surface area contributed by atoms with E-state index in [4.69, 9.17) is 4.74 Å². The molecule has 1 heterocycles. The van der Waals surface area contributed by atoms with Crippen LogP contribution in [0.2, 0.25) is 0 Å². The summed E-state index contributed by atoms with van der Waals surface area (Å²) >= 11 is 0. The van der Waals surface area contributed by atoms with Gasteiger partial charge in [-0.2, -0.15) is 0 Å². The first-order valence-electron chi connectivity index (χ1n) is 6.65. The van der Waals surface area contributed by atoms with Gasteiger partial charge in [-0.3, -0.25) is 4.79 Å². The van der Waals surface area contributed by atoms with E-state index in [9.17, 15) is 4.79 Å². The summed E-state index contributed by atoms with van der Waals surface area (Å²) in [6.45, 7) is 3.01. The first-order valence-corrected chi connectivity index (χ1v) is 6.65. The highest BCUT2D eigenvalue weighted by atomic mass is 16.5. The molecule has 98 valence electrons. The molecule has 0 spiro atoms. The van der Waals surface area contributed by atoms with Crippen molar-refractivity contribution < 1.29 is 9.53 Å². The molecule has 1 saturated carbocycles. The van der Waals surface area contributed by atoms with Crippen LogP contribution in [0.1, 0.15) is 38.2 Å². The number of carbonyl (C=O) groups excluding carboxylic acids is 1. The molecule has 0 unspecified atom stereocenters. The molecule has 1 N–H and O–H groups in total. The lowest BCUT2D eigenvalue weighted by Gasteiger charge is -2.12. The summed E-state index contributed by atoms with van der Waals surface area (Å²) in [6.07, 6.45) is 6.10. The smallest absolute Gasteiger partial charge is 0.223 e. The van der Waals surface area contributed by atoms with E-state index < -0.39 is 0 Å². The molecule has 0 atom stereocenters. The van der Waals surface area contributed by atoms with Gasteiger partial charge in [-0.1, -0.05) is 18.9 Å². The first kappa shape index (κ1) is 12.9. The number of ether oxygens (including phenoxy) is 1. The van der Waals surface area contributed by atoms with Gasteiger partial charge in [0.15, 0.2) is 0 Å². The number of hydrogen-bond donors (Lipinski definition) is 1. The maximum absolute atomic E-state index is 11.9. The predicted octanol–water partition coefficient (Wildman–Crippen LogP) is 2.29. The minimum Gasteiger partial charge on any atom is -0.478 e. The van der Waals surface area contributed by atoms with Gasteiger partial charge in [-0.25, -0.2) is 4.98 Å². The molecule has 0 radical (unpaired) electrons. The van der Waals surface area contributed by atoms with E-state index in [0.717, 1.165) is 18.4 Å². The molecule has 1 aromatic rings. The zero-order valence-electron chi connectivity index (χ0n) is 10.8. The van der Waals surface area contributed by atoms with Crippen LogP contribution in [-0.4, -0.2) is 17.5 Å². The summed E-state index contributed by atoms with van der Waals surface area (Å²) in [5.74, 6) is 0.989. The van der Waals surface area contributed by atoms with Crippen molar-refractivity contribution in [3.63, 3.8) is 0 Å². The zero-order valence-corrected chi connectivity index (χ0v) is 10.8. The maximum atomic E-state index is 11.9. The Hall–Kier alpha value is -1.58. The maximum Gasteiger partial charge on any atom is 0.223 e. The molecule has 1 aromatic heterocycles. The molecule has 0 aliphatic heterocycles. The SMILES string of the molecule is CCOc1ncccc1CNC(=O)C1CCCC1. The Morgan fingerprint density at radius 1 is 1.50 bits per heavy atom. The summed E-state index contributed by atoms with van der Waals surface area (Å²) in [7, 11) is 0. The van der Waals surface area contributed by atoms with Gasteiger partial charge in [0.1, 0.15) is 0 Å². The van der Waals surface area contributed by atoms with Crippen molar-refractivity contribution >= 4 is 5.91 Å². The van der Waals surface area contributed by atoms with Crippen molar-refractivity contribution in [2.24, 2.45) is 5.92 Å². The standard InChI is InChI=1S/C14H20N2O2/c1-2-18-14-12(8-5-9-15-14)10-16-13(17)11-6-3-4-7-11/h5,8-9,11H,2-4,6-7,10H2,1H3,(H,16,17). The number of nitrogens with one attached hydrogen (secondary N) is 1. The molecule has 0 saturated heterocycles. The van der Waals surface area contributed by atoms with Crippen LogP contribution >= 0.6 is 0 Å². The van der Waals surface area contributed by atoms with E-state index in [1.165, 1.54) is 12.8 Å². The Labute approximate surface area is 108 Å². The molecular formula is C14H20N2O2. The Kier molecular flexibility index (Phi) is 4.56. The van der Waals surface area contributed by atoms with Crippen molar-refractivity contribution in [1.82, 2.24) is 10.3 Å². The number of hydrogen-bond acceptors (Lipinski definition) is 3. The highest BCUT2D eigenvalue weighted by Crippen LogP contribution is 2.25. The lowest BCUT2D eigenvalue weighted by Crippen LogP contribution is -2.29. The Bertz CT molecular complexity index is 401. The predicted molar refractivity (Wildman–Crippen MR) is 69.2 cm³/mol. The van der Waals surface area contributed by atoms with Crippen LogP contribution in [-0.2, 0) is 11.3 Å². The summed E-state index contributed by atoms with van der Waals surface area (Å²) in [5, 5.41) is 2.98. The van der Waals surface area contributed by atoms with E-state index in [1.54, 1.807) is 6.20 Å². The second-order valence-corrected chi connectivity index (χ2v) is 4.60. The van der Waals surface area contributed by atoms with Gasteiger partial charge in [-0.15, -0.1) is 0 Å².